The van der Waals surface area contributed by atoms with Crippen LogP contribution in [0.5, 0.6) is 0 Å². The maximum atomic E-state index is 8.44. The highest BCUT2D eigenvalue weighted by molar-refractivity contribution is 7.93. The first-order chi connectivity index (χ1) is 4.23. The van der Waals surface area contributed by atoms with Crippen molar-refractivity contribution in [3.05, 3.63) is 12.5 Å². The smallest absolute Gasteiger partial charge is 0.412 e. The lowest BCUT2D eigenvalue weighted by atomic mass is 11.0. The first kappa shape index (κ1) is 8.31. The maximum Gasteiger partial charge on any atom is 0.425 e. The molecule has 1 aliphatic heterocycles. The summed E-state index contributed by atoms with van der Waals surface area (Å²) in [5.41, 5.74) is 0. The summed E-state index contributed by atoms with van der Waals surface area (Å²) in [5.74, 6) is 0. The summed E-state index contributed by atoms with van der Waals surface area (Å²) in [5, 5.41) is 0. The molecule has 52 valence electrons. The van der Waals surface area contributed by atoms with Crippen molar-refractivity contribution in [2.45, 2.75) is 0 Å². The molecule has 9 heavy (non-hydrogen) atoms. The zero-order valence-corrected chi connectivity index (χ0v) is 5.74. The maximum absolute atomic E-state index is 8.44. The zero-order chi connectivity index (χ0) is 7.11. The fraction of sp³-hybridized carbons (Fsp3) is 0. The van der Waals surface area contributed by atoms with Crippen molar-refractivity contribution in [2.24, 2.45) is 0 Å². The van der Waals surface area contributed by atoms with Crippen molar-refractivity contribution in [3.63, 3.8) is 0 Å². The van der Waals surface area contributed by atoms with Crippen molar-refractivity contribution in [1.29, 1.82) is 0 Å². The molecular weight excluding hydrogens is 166 g/mol. The number of hydrogen-bond donors (Lipinski definition) is 1. The largest absolute Gasteiger partial charge is 0.425 e. The van der Waals surface area contributed by atoms with Crippen LogP contribution in [0.25, 0.3) is 0 Å². The van der Waals surface area contributed by atoms with E-state index >= 15 is 0 Å². The van der Waals surface area contributed by atoms with Gasteiger partial charge in [0.1, 0.15) is 6.26 Å². The van der Waals surface area contributed by atoms with E-state index in [1.165, 1.54) is 12.2 Å². The Morgan fingerprint density at radius 2 is 2.00 bits per heavy atom. The number of nitrogens with one attached hydrogen (secondary N) is 1. The van der Waals surface area contributed by atoms with Gasteiger partial charge in [-0.15, -0.1) is 12.6 Å². The SMILES string of the molecule is C1=COSN1.O=S(=O)=O. The second-order valence-corrected chi connectivity index (χ2v) is 1.81. The molecule has 1 heterocycles. The van der Waals surface area contributed by atoms with Gasteiger partial charge in [0.05, 0.1) is 0 Å². The standard InChI is InChI=1S/C2H3NOS.O3S/c1-2-4-5-3-1;1-4(2)3/h1-3H;. The lowest BCUT2D eigenvalue weighted by Crippen LogP contribution is -1.77. The normalized spacial score (nSPS) is 12.4. The van der Waals surface area contributed by atoms with Crippen molar-refractivity contribution in [3.8, 4) is 0 Å². The van der Waals surface area contributed by atoms with Crippen LogP contribution in [0.3, 0.4) is 0 Å². The molecule has 7 heteroatoms. The molecule has 0 aromatic rings. The molecule has 1 rings (SSSR count). The van der Waals surface area contributed by atoms with Crippen LogP contribution in [0.2, 0.25) is 0 Å². The number of rotatable bonds is 0. The summed E-state index contributed by atoms with van der Waals surface area (Å²) in [6, 6.07) is 0. The second-order valence-electron chi connectivity index (χ2n) is 0.804. The van der Waals surface area contributed by atoms with Crippen LogP contribution in [-0.2, 0) is 14.8 Å². The first-order valence-corrected chi connectivity index (χ1v) is 3.47. The Morgan fingerprint density at radius 3 is 2.11 bits per heavy atom. The average Bonchev–Trinajstić information content (AvgIpc) is 2.11. The van der Waals surface area contributed by atoms with E-state index in [9.17, 15) is 0 Å². The van der Waals surface area contributed by atoms with E-state index in [1.807, 2.05) is 0 Å². The molecule has 0 bridgehead atoms. The summed E-state index contributed by atoms with van der Waals surface area (Å²) < 4.78 is 32.6. The molecule has 1 aliphatic rings. The van der Waals surface area contributed by atoms with Crippen LogP contribution in [0.4, 0.5) is 0 Å². The summed E-state index contributed by atoms with van der Waals surface area (Å²) >= 11 is 1.21. The summed E-state index contributed by atoms with van der Waals surface area (Å²) in [6.07, 6.45) is 3.31. The Labute approximate surface area is 57.5 Å². The van der Waals surface area contributed by atoms with E-state index < -0.39 is 10.6 Å². The predicted molar refractivity (Wildman–Crippen MR) is 30.6 cm³/mol. The van der Waals surface area contributed by atoms with Gasteiger partial charge in [-0.1, -0.05) is 0 Å². The van der Waals surface area contributed by atoms with E-state index in [0.717, 1.165) is 0 Å². The van der Waals surface area contributed by atoms with E-state index in [0.29, 0.717) is 0 Å². The number of hydrogen-bond acceptors (Lipinski definition) is 6. The topological polar surface area (TPSA) is 72.5 Å². The molecule has 0 amide bonds. The highest BCUT2D eigenvalue weighted by Gasteiger charge is 1.83. The van der Waals surface area contributed by atoms with E-state index in [1.54, 1.807) is 12.5 Å². The van der Waals surface area contributed by atoms with Crippen LogP contribution in [0.15, 0.2) is 12.5 Å². The van der Waals surface area contributed by atoms with E-state index in [4.69, 9.17) is 12.6 Å². The van der Waals surface area contributed by atoms with Crippen LogP contribution in [-0.4, -0.2) is 12.6 Å². The van der Waals surface area contributed by atoms with Gasteiger partial charge in [0.15, 0.2) is 12.2 Å². The molecule has 5 nitrogen and oxygen atoms in total. The van der Waals surface area contributed by atoms with Crippen molar-refractivity contribution in [1.82, 2.24) is 4.72 Å². The van der Waals surface area contributed by atoms with Crippen molar-refractivity contribution in [2.75, 3.05) is 0 Å². The second kappa shape index (κ2) is 5.45. The van der Waals surface area contributed by atoms with Gasteiger partial charge in [-0.3, -0.25) is 0 Å². The Balaban J connectivity index is 0.000000148. The molecule has 0 radical (unpaired) electrons. The Hall–Kier alpha value is -0.690. The van der Waals surface area contributed by atoms with Gasteiger partial charge < -0.3 is 8.91 Å². The molecule has 1 N–H and O–H groups in total. The molecule has 0 aromatic carbocycles. The van der Waals surface area contributed by atoms with Gasteiger partial charge in [0.25, 0.3) is 0 Å². The minimum atomic E-state index is -3.11. The van der Waals surface area contributed by atoms with E-state index in [2.05, 4.69) is 8.91 Å². The molecule has 0 saturated heterocycles. The van der Waals surface area contributed by atoms with Gasteiger partial charge >= 0.3 is 10.6 Å². The molecule has 0 atom stereocenters. The van der Waals surface area contributed by atoms with E-state index in [-0.39, 0.29) is 0 Å². The van der Waals surface area contributed by atoms with Gasteiger partial charge in [0, 0.05) is 6.20 Å². The highest BCUT2D eigenvalue weighted by atomic mass is 32.2. The fourth-order valence-electron chi connectivity index (χ4n) is 0.139. The fourth-order valence-corrected chi connectivity index (χ4v) is 0.417. The third-order valence-electron chi connectivity index (χ3n) is 0.288. The predicted octanol–water partition coefficient (Wildman–Crippen LogP) is -0.364. The summed E-state index contributed by atoms with van der Waals surface area (Å²) in [4.78, 5) is 0. The monoisotopic (exact) mass is 169 g/mol. The molecular formula is C2H3NO4S2. The third kappa shape index (κ3) is 11.1. The Bertz CT molecular complexity index is 167. The molecule has 0 saturated carbocycles. The lowest BCUT2D eigenvalue weighted by Gasteiger charge is -1.77. The minimum Gasteiger partial charge on any atom is -0.412 e. The summed E-state index contributed by atoms with van der Waals surface area (Å²) in [6.45, 7) is 0. The third-order valence-corrected chi connectivity index (χ3v) is 0.728. The molecule has 0 unspecified atom stereocenters. The molecule has 0 spiro atoms. The summed E-state index contributed by atoms with van der Waals surface area (Å²) in [7, 11) is -3.11. The lowest BCUT2D eigenvalue weighted by molar-refractivity contribution is 0.559. The van der Waals surface area contributed by atoms with Crippen LogP contribution < -0.4 is 4.72 Å². The quantitative estimate of drug-likeness (QED) is 0.394. The van der Waals surface area contributed by atoms with Crippen molar-refractivity contribution >= 4 is 22.8 Å². The molecule has 0 aliphatic carbocycles. The zero-order valence-electron chi connectivity index (χ0n) is 4.10. The van der Waals surface area contributed by atoms with Crippen molar-refractivity contribution < 1.29 is 16.8 Å². The molecule has 0 fully saturated rings. The average molecular weight is 169 g/mol. The van der Waals surface area contributed by atoms with Crippen LogP contribution in [0, 0.1) is 0 Å². The first-order valence-electron chi connectivity index (χ1n) is 1.73. The minimum absolute atomic E-state index is 1.21. The van der Waals surface area contributed by atoms with Gasteiger partial charge in [-0.2, -0.15) is 0 Å². The highest BCUT2D eigenvalue weighted by Crippen LogP contribution is 2.01. The molecule has 0 aromatic heterocycles. The Morgan fingerprint density at radius 1 is 1.44 bits per heavy atom. The van der Waals surface area contributed by atoms with Gasteiger partial charge in [-0.05, 0) is 0 Å². The van der Waals surface area contributed by atoms with Crippen LogP contribution in [0.1, 0.15) is 0 Å². The van der Waals surface area contributed by atoms with Gasteiger partial charge in [-0.25, -0.2) is 0 Å². The van der Waals surface area contributed by atoms with Gasteiger partial charge in [0.2, 0.25) is 0 Å². The van der Waals surface area contributed by atoms with Crippen LogP contribution >= 0.6 is 12.2 Å². The Kier molecular flexibility index (Phi) is 5.03.